The predicted molar refractivity (Wildman–Crippen MR) is 137 cm³/mol. The van der Waals surface area contributed by atoms with Crippen LogP contribution in [0.15, 0.2) is 54.7 Å². The molecule has 1 saturated heterocycles. The fraction of sp³-hybridized carbons (Fsp3) is 0.320. The van der Waals surface area contributed by atoms with Crippen LogP contribution in [0.1, 0.15) is 12.0 Å². The maximum absolute atomic E-state index is 13.9. The van der Waals surface area contributed by atoms with Crippen molar-refractivity contribution in [2.24, 2.45) is 0 Å². The summed E-state index contributed by atoms with van der Waals surface area (Å²) in [5.74, 6) is 1.24. The normalized spacial score (nSPS) is 14.6. The van der Waals surface area contributed by atoms with Gasteiger partial charge in [0.1, 0.15) is 5.75 Å². The summed E-state index contributed by atoms with van der Waals surface area (Å²) in [6, 6.07) is 11.3. The lowest BCUT2D eigenvalue weighted by Gasteiger charge is -2.27. The van der Waals surface area contributed by atoms with Crippen LogP contribution in [0.2, 0.25) is 0 Å². The number of halogens is 3. The molecule has 4 rings (SSSR count). The Morgan fingerprint density at radius 2 is 1.70 bits per heavy atom. The van der Waals surface area contributed by atoms with E-state index < -0.39 is 17.8 Å². The van der Waals surface area contributed by atoms with E-state index in [4.69, 9.17) is 4.74 Å². The topological polar surface area (TPSA) is 94.6 Å². The van der Waals surface area contributed by atoms with Gasteiger partial charge in [-0.3, -0.25) is 0 Å². The number of amides is 2. The van der Waals surface area contributed by atoms with Crippen LogP contribution in [-0.2, 0) is 6.18 Å². The van der Waals surface area contributed by atoms with Gasteiger partial charge in [0.25, 0.3) is 0 Å². The molecule has 0 radical (unpaired) electrons. The molecule has 37 heavy (non-hydrogen) atoms. The first-order chi connectivity index (χ1) is 17.7. The molecule has 1 fully saturated rings. The van der Waals surface area contributed by atoms with Crippen molar-refractivity contribution in [2.45, 2.75) is 12.6 Å². The largest absolute Gasteiger partial charge is 0.439 e. The molecular weight excluding hydrogens is 487 g/mol. The molecule has 0 spiro atoms. The number of likely N-dealkylation sites (N-methyl/N-ethyl adjacent to an activating group) is 1. The molecule has 3 aromatic rings. The average Bonchev–Trinajstić information content (AvgIpc) is 3.09. The smallest absolute Gasteiger partial charge is 0.418 e. The van der Waals surface area contributed by atoms with Gasteiger partial charge >= 0.3 is 12.2 Å². The van der Waals surface area contributed by atoms with Crippen LogP contribution in [0, 0.1) is 0 Å². The summed E-state index contributed by atoms with van der Waals surface area (Å²) in [5, 5.41) is 7.91. The molecule has 0 unspecified atom stereocenters. The van der Waals surface area contributed by atoms with Crippen molar-refractivity contribution in [2.75, 3.05) is 61.1 Å². The van der Waals surface area contributed by atoms with E-state index >= 15 is 0 Å². The maximum atomic E-state index is 13.9. The first-order valence-electron chi connectivity index (χ1n) is 11.7. The summed E-state index contributed by atoms with van der Waals surface area (Å²) in [6.45, 7) is 2.55. The number of anilines is 4. The number of ether oxygens (including phenoxy) is 1. The van der Waals surface area contributed by atoms with Crippen molar-refractivity contribution < 1.29 is 22.7 Å². The van der Waals surface area contributed by atoms with Gasteiger partial charge in [0.2, 0.25) is 11.8 Å². The summed E-state index contributed by atoms with van der Waals surface area (Å²) in [5.41, 5.74) is -0.174. The Morgan fingerprint density at radius 1 is 0.973 bits per heavy atom. The predicted octanol–water partition coefficient (Wildman–Crippen LogP) is 5.12. The number of carbonyl (C=O) groups is 1. The molecule has 196 valence electrons. The van der Waals surface area contributed by atoms with E-state index in [9.17, 15) is 18.0 Å². The Balaban J connectivity index is 1.41. The van der Waals surface area contributed by atoms with Crippen LogP contribution in [-0.4, -0.2) is 61.2 Å². The second-order valence-electron chi connectivity index (χ2n) is 8.55. The lowest BCUT2D eigenvalue weighted by atomic mass is 10.1. The molecule has 0 aliphatic carbocycles. The number of rotatable bonds is 6. The Bertz CT molecular complexity index is 1220. The third-order valence-electron chi connectivity index (χ3n) is 5.81. The Hall–Kier alpha value is -4.06. The molecule has 0 bridgehead atoms. The molecule has 2 heterocycles. The molecule has 2 amide bonds. The molecule has 0 saturated carbocycles. The molecule has 1 aromatic heterocycles. The van der Waals surface area contributed by atoms with Gasteiger partial charge in [0, 0.05) is 56.0 Å². The summed E-state index contributed by atoms with van der Waals surface area (Å²) in [4.78, 5) is 24.5. The van der Waals surface area contributed by atoms with Crippen LogP contribution in [0.25, 0.3) is 0 Å². The summed E-state index contributed by atoms with van der Waals surface area (Å²) >= 11 is 0. The molecule has 9 nitrogen and oxygen atoms in total. The first-order valence-corrected chi connectivity index (χ1v) is 11.7. The maximum Gasteiger partial charge on any atom is 0.418 e. The first kappa shape index (κ1) is 26.0. The highest BCUT2D eigenvalue weighted by Crippen LogP contribution is 2.38. The van der Waals surface area contributed by atoms with Crippen molar-refractivity contribution in [3.63, 3.8) is 0 Å². The zero-order valence-corrected chi connectivity index (χ0v) is 20.5. The lowest BCUT2D eigenvalue weighted by Crippen LogP contribution is -2.30. The number of urea groups is 1. The number of carbonyl (C=O) groups excluding carboxylic acids is 1. The van der Waals surface area contributed by atoms with Crippen molar-refractivity contribution in [3.8, 4) is 11.6 Å². The van der Waals surface area contributed by atoms with Gasteiger partial charge < -0.3 is 30.5 Å². The number of nitrogens with one attached hydrogen (secondary N) is 3. The summed E-state index contributed by atoms with van der Waals surface area (Å²) < 4.78 is 47.3. The number of hydrogen-bond donors (Lipinski definition) is 3. The molecular formula is C25H28F3N7O2. The van der Waals surface area contributed by atoms with Gasteiger partial charge in [-0.25, -0.2) is 9.78 Å². The zero-order valence-electron chi connectivity index (χ0n) is 20.5. The van der Waals surface area contributed by atoms with E-state index in [2.05, 4.69) is 30.8 Å². The summed E-state index contributed by atoms with van der Waals surface area (Å²) in [7, 11) is 3.65. The highest BCUT2D eigenvalue weighted by atomic mass is 19.4. The van der Waals surface area contributed by atoms with Crippen molar-refractivity contribution >= 4 is 29.0 Å². The zero-order chi connectivity index (χ0) is 26.4. The number of hydrogen-bond acceptors (Lipinski definition) is 7. The number of nitrogens with zero attached hydrogens (tertiary/aromatic N) is 4. The van der Waals surface area contributed by atoms with Gasteiger partial charge in [-0.1, -0.05) is 0 Å². The van der Waals surface area contributed by atoms with Crippen molar-refractivity contribution in [1.82, 2.24) is 14.9 Å². The quantitative estimate of drug-likeness (QED) is 0.420. The molecule has 1 aliphatic rings. The summed E-state index contributed by atoms with van der Waals surface area (Å²) in [6.07, 6.45) is -2.23. The second-order valence-corrected chi connectivity index (χ2v) is 8.55. The van der Waals surface area contributed by atoms with Crippen LogP contribution in [0.4, 0.5) is 41.0 Å². The van der Waals surface area contributed by atoms with E-state index in [0.717, 1.165) is 19.0 Å². The highest BCUT2D eigenvalue weighted by Gasteiger charge is 2.35. The molecule has 12 heteroatoms. The number of alkyl halides is 3. The Morgan fingerprint density at radius 3 is 2.43 bits per heavy atom. The van der Waals surface area contributed by atoms with Gasteiger partial charge in [0.05, 0.1) is 5.56 Å². The minimum atomic E-state index is -4.56. The second kappa shape index (κ2) is 11.3. The van der Waals surface area contributed by atoms with E-state index in [0.29, 0.717) is 42.9 Å². The van der Waals surface area contributed by atoms with Crippen LogP contribution >= 0.6 is 0 Å². The molecule has 0 atom stereocenters. The third kappa shape index (κ3) is 7.00. The van der Waals surface area contributed by atoms with Crippen molar-refractivity contribution in [3.05, 3.63) is 60.3 Å². The lowest BCUT2D eigenvalue weighted by molar-refractivity contribution is -0.137. The van der Waals surface area contributed by atoms with E-state index in [-0.39, 0.29) is 11.4 Å². The fourth-order valence-corrected chi connectivity index (χ4v) is 3.94. The van der Waals surface area contributed by atoms with Gasteiger partial charge in [-0.2, -0.15) is 18.2 Å². The minimum absolute atomic E-state index is 0.0459. The molecule has 3 N–H and O–H groups in total. The Kier molecular flexibility index (Phi) is 7.97. The Labute approximate surface area is 212 Å². The van der Waals surface area contributed by atoms with Crippen LogP contribution in [0.3, 0.4) is 0 Å². The average molecular weight is 516 g/mol. The minimum Gasteiger partial charge on any atom is -0.439 e. The van der Waals surface area contributed by atoms with E-state index in [1.54, 1.807) is 48.5 Å². The number of benzene rings is 2. The van der Waals surface area contributed by atoms with Gasteiger partial charge in [-0.15, -0.1) is 0 Å². The van der Waals surface area contributed by atoms with Crippen LogP contribution < -0.4 is 25.6 Å². The van der Waals surface area contributed by atoms with Crippen LogP contribution in [0.5, 0.6) is 11.6 Å². The van der Waals surface area contributed by atoms with Crippen molar-refractivity contribution in [1.29, 1.82) is 0 Å². The van der Waals surface area contributed by atoms with Gasteiger partial charge in [0.15, 0.2) is 0 Å². The highest BCUT2D eigenvalue weighted by molar-refractivity contribution is 6.00. The molecule has 2 aromatic carbocycles. The molecule has 1 aliphatic heterocycles. The number of aromatic nitrogens is 2. The van der Waals surface area contributed by atoms with Gasteiger partial charge in [-0.05, 0) is 62.5 Å². The standard InChI is InChI=1S/C25H28F3N7O2/c1-29-23-30-11-10-22(33-23)37-19-7-4-17(5-8-19)31-24(36)32-18-6-9-21(20(16-18)25(26,27)28)35-13-3-12-34(2)14-15-35/h4-11,16H,3,12-15H2,1-2H3,(H,29,30,33)(H2,31,32,36). The monoisotopic (exact) mass is 515 g/mol. The van der Waals surface area contributed by atoms with E-state index in [1.807, 2.05) is 7.05 Å². The SMILES string of the molecule is CNc1nccc(Oc2ccc(NC(=O)Nc3ccc(N4CCCN(C)CC4)c(C(F)(F)F)c3)cc2)n1. The third-order valence-corrected chi connectivity index (χ3v) is 5.81. The fourth-order valence-electron chi connectivity index (χ4n) is 3.94. The van der Waals surface area contributed by atoms with E-state index in [1.165, 1.54) is 12.1 Å².